The van der Waals surface area contributed by atoms with Crippen LogP contribution in [0.2, 0.25) is 0 Å². The minimum absolute atomic E-state index is 0.300. The van der Waals surface area contributed by atoms with E-state index in [1.54, 1.807) is 13.0 Å². The maximum atomic E-state index is 10.6. The zero-order valence-electron chi connectivity index (χ0n) is 9.06. The van der Waals surface area contributed by atoms with E-state index >= 15 is 0 Å². The van der Waals surface area contributed by atoms with E-state index in [9.17, 15) is 4.79 Å². The molecule has 5 nitrogen and oxygen atoms in total. The largest absolute Gasteiger partial charge is 0.480 e. The molecule has 0 aliphatic heterocycles. The predicted octanol–water partition coefficient (Wildman–Crippen LogP) is 1.48. The van der Waals surface area contributed by atoms with E-state index in [4.69, 9.17) is 5.11 Å². The van der Waals surface area contributed by atoms with Gasteiger partial charge >= 0.3 is 5.97 Å². The number of aromatic nitrogens is 2. The highest BCUT2D eigenvalue weighted by Gasteiger charge is 2.11. The molecule has 0 spiro atoms. The Morgan fingerprint density at radius 1 is 1.40 bits per heavy atom. The van der Waals surface area contributed by atoms with Crippen molar-refractivity contribution in [3.05, 3.63) is 18.1 Å². The number of hydrogen-bond acceptors (Lipinski definition) is 4. The third-order valence-corrected chi connectivity index (χ3v) is 2.01. The molecule has 1 aromatic heterocycles. The lowest BCUT2D eigenvalue weighted by Gasteiger charge is -2.11. The molecule has 0 aliphatic carbocycles. The van der Waals surface area contributed by atoms with Crippen LogP contribution in [0.3, 0.4) is 0 Å². The molecule has 0 amide bonds. The summed E-state index contributed by atoms with van der Waals surface area (Å²) in [5.41, 5.74) is 0.894. The van der Waals surface area contributed by atoms with Crippen LogP contribution in [0, 0.1) is 0 Å². The molecule has 0 saturated carbocycles. The quantitative estimate of drug-likeness (QED) is 0.785. The Morgan fingerprint density at radius 3 is 2.60 bits per heavy atom. The van der Waals surface area contributed by atoms with Gasteiger partial charge in [0.1, 0.15) is 18.2 Å². The maximum Gasteiger partial charge on any atom is 0.325 e. The van der Waals surface area contributed by atoms with Gasteiger partial charge in [0.05, 0.1) is 0 Å². The number of carboxylic acid groups (broad SMARTS) is 1. The van der Waals surface area contributed by atoms with Gasteiger partial charge < -0.3 is 10.4 Å². The first-order valence-corrected chi connectivity index (χ1v) is 4.82. The fourth-order valence-corrected chi connectivity index (χ4v) is 1.05. The van der Waals surface area contributed by atoms with Crippen molar-refractivity contribution in [2.45, 2.75) is 32.7 Å². The highest BCUT2D eigenvalue weighted by Crippen LogP contribution is 2.14. The van der Waals surface area contributed by atoms with Crippen LogP contribution in [0.15, 0.2) is 12.4 Å². The third-order valence-electron chi connectivity index (χ3n) is 2.01. The zero-order valence-corrected chi connectivity index (χ0v) is 9.06. The van der Waals surface area contributed by atoms with Crippen molar-refractivity contribution in [2.75, 3.05) is 5.32 Å². The van der Waals surface area contributed by atoms with Gasteiger partial charge in [0.25, 0.3) is 0 Å². The Bertz CT molecular complexity index is 352. The lowest BCUT2D eigenvalue weighted by Crippen LogP contribution is -2.26. The Labute approximate surface area is 88.6 Å². The van der Waals surface area contributed by atoms with Gasteiger partial charge in [-0.1, -0.05) is 13.8 Å². The molecule has 1 atom stereocenters. The number of rotatable bonds is 4. The summed E-state index contributed by atoms with van der Waals surface area (Å²) in [6.45, 7) is 5.61. The summed E-state index contributed by atoms with van der Waals surface area (Å²) < 4.78 is 0. The molecule has 0 fully saturated rings. The highest BCUT2D eigenvalue weighted by molar-refractivity contribution is 5.76. The molecule has 0 aromatic carbocycles. The average molecular weight is 209 g/mol. The molecule has 0 aliphatic rings. The average Bonchev–Trinajstić information content (AvgIpc) is 2.18. The first kappa shape index (κ1) is 11.4. The van der Waals surface area contributed by atoms with Crippen LogP contribution in [0.5, 0.6) is 0 Å². The predicted molar refractivity (Wildman–Crippen MR) is 56.8 cm³/mol. The molecule has 0 unspecified atom stereocenters. The number of nitrogens with zero attached hydrogens (tertiary/aromatic N) is 2. The first-order chi connectivity index (χ1) is 7.00. The second-order valence-electron chi connectivity index (χ2n) is 3.69. The monoisotopic (exact) mass is 209 g/mol. The van der Waals surface area contributed by atoms with E-state index in [0.29, 0.717) is 11.7 Å². The molecular weight excluding hydrogens is 194 g/mol. The highest BCUT2D eigenvalue weighted by atomic mass is 16.4. The van der Waals surface area contributed by atoms with Crippen molar-refractivity contribution in [1.29, 1.82) is 0 Å². The fourth-order valence-electron chi connectivity index (χ4n) is 1.05. The summed E-state index contributed by atoms with van der Waals surface area (Å²) in [6, 6.07) is 1.12. The molecule has 5 heteroatoms. The molecule has 1 heterocycles. The Morgan fingerprint density at radius 2 is 2.07 bits per heavy atom. The van der Waals surface area contributed by atoms with E-state index in [1.807, 2.05) is 13.8 Å². The number of carboxylic acids is 1. The molecule has 0 bridgehead atoms. The number of anilines is 1. The van der Waals surface area contributed by atoms with Crippen LogP contribution in [0.1, 0.15) is 32.4 Å². The standard InChI is InChI=1S/C10H15N3O2/c1-6(2)8-4-9(12-5-11-8)13-7(3)10(14)15/h4-7H,1-3H3,(H,14,15)(H,11,12,13)/t7-/m1/s1. The maximum absolute atomic E-state index is 10.6. The van der Waals surface area contributed by atoms with Gasteiger partial charge in [-0.05, 0) is 12.8 Å². The van der Waals surface area contributed by atoms with Crippen LogP contribution in [-0.4, -0.2) is 27.1 Å². The van der Waals surface area contributed by atoms with Crippen molar-refractivity contribution in [3.8, 4) is 0 Å². The van der Waals surface area contributed by atoms with Gasteiger partial charge in [-0.15, -0.1) is 0 Å². The second kappa shape index (κ2) is 4.72. The number of nitrogens with one attached hydrogen (secondary N) is 1. The molecular formula is C10H15N3O2. The number of carbonyl (C=O) groups is 1. The van der Waals surface area contributed by atoms with Crippen LogP contribution < -0.4 is 5.32 Å². The molecule has 1 aromatic rings. The lowest BCUT2D eigenvalue weighted by molar-refractivity contribution is -0.137. The third kappa shape index (κ3) is 3.19. The van der Waals surface area contributed by atoms with Crippen molar-refractivity contribution < 1.29 is 9.90 Å². The Hall–Kier alpha value is -1.65. The van der Waals surface area contributed by atoms with Crippen molar-refractivity contribution in [3.63, 3.8) is 0 Å². The summed E-state index contributed by atoms with van der Waals surface area (Å²) in [6.07, 6.45) is 1.44. The van der Waals surface area contributed by atoms with Gasteiger partial charge in [0, 0.05) is 11.8 Å². The van der Waals surface area contributed by atoms with E-state index < -0.39 is 12.0 Å². The lowest BCUT2D eigenvalue weighted by atomic mass is 10.1. The topological polar surface area (TPSA) is 75.1 Å². The summed E-state index contributed by atoms with van der Waals surface area (Å²) in [5.74, 6) is -0.0583. The van der Waals surface area contributed by atoms with Gasteiger partial charge in [-0.25, -0.2) is 9.97 Å². The number of aliphatic carboxylic acids is 1. The Kier molecular flexibility index (Phi) is 3.60. The van der Waals surface area contributed by atoms with E-state index in [0.717, 1.165) is 5.69 Å². The number of hydrogen-bond donors (Lipinski definition) is 2. The zero-order chi connectivity index (χ0) is 11.4. The van der Waals surface area contributed by atoms with E-state index in [1.165, 1.54) is 6.33 Å². The van der Waals surface area contributed by atoms with Crippen molar-refractivity contribution >= 4 is 11.8 Å². The fraction of sp³-hybridized carbons (Fsp3) is 0.500. The van der Waals surface area contributed by atoms with E-state index in [2.05, 4.69) is 15.3 Å². The van der Waals surface area contributed by atoms with Gasteiger partial charge in [0.2, 0.25) is 0 Å². The molecule has 0 radical (unpaired) electrons. The van der Waals surface area contributed by atoms with E-state index in [-0.39, 0.29) is 0 Å². The summed E-state index contributed by atoms with van der Waals surface area (Å²) in [7, 11) is 0. The van der Waals surface area contributed by atoms with Crippen molar-refractivity contribution in [2.24, 2.45) is 0 Å². The normalized spacial score (nSPS) is 12.5. The molecule has 2 N–H and O–H groups in total. The summed E-state index contributed by atoms with van der Waals surface area (Å²) >= 11 is 0. The van der Waals surface area contributed by atoms with Gasteiger partial charge in [-0.2, -0.15) is 0 Å². The molecule has 1 rings (SSSR count). The smallest absolute Gasteiger partial charge is 0.325 e. The van der Waals surface area contributed by atoms with Crippen LogP contribution in [0.25, 0.3) is 0 Å². The Balaban J connectivity index is 2.78. The van der Waals surface area contributed by atoms with Crippen molar-refractivity contribution in [1.82, 2.24) is 9.97 Å². The minimum atomic E-state index is -0.903. The summed E-state index contributed by atoms with van der Waals surface area (Å²) in [4.78, 5) is 18.7. The van der Waals surface area contributed by atoms with Crippen LogP contribution in [0.4, 0.5) is 5.82 Å². The van der Waals surface area contributed by atoms with Crippen LogP contribution in [-0.2, 0) is 4.79 Å². The van der Waals surface area contributed by atoms with Gasteiger partial charge in [-0.3, -0.25) is 4.79 Å². The molecule has 0 saturated heterocycles. The second-order valence-corrected chi connectivity index (χ2v) is 3.69. The van der Waals surface area contributed by atoms with Gasteiger partial charge in [0.15, 0.2) is 0 Å². The molecule has 15 heavy (non-hydrogen) atoms. The minimum Gasteiger partial charge on any atom is -0.480 e. The first-order valence-electron chi connectivity index (χ1n) is 4.82. The van der Waals surface area contributed by atoms with Crippen LogP contribution >= 0.6 is 0 Å². The molecule has 82 valence electrons. The SMILES string of the molecule is CC(C)c1cc(N[C@H](C)C(=O)O)ncn1. The summed E-state index contributed by atoms with van der Waals surface area (Å²) in [5, 5.41) is 11.5.